The summed E-state index contributed by atoms with van der Waals surface area (Å²) in [4.78, 5) is 2.94. The van der Waals surface area contributed by atoms with Crippen LogP contribution in [0, 0.1) is 12.3 Å². The van der Waals surface area contributed by atoms with E-state index in [4.69, 9.17) is 18.0 Å². The van der Waals surface area contributed by atoms with E-state index in [9.17, 15) is 0 Å². The third kappa shape index (κ3) is 3.08. The van der Waals surface area contributed by atoms with E-state index in [1.807, 2.05) is 0 Å². The monoisotopic (exact) mass is 276 g/mol. The maximum absolute atomic E-state index is 5.86. The van der Waals surface area contributed by atoms with Gasteiger partial charge in [-0.25, -0.2) is 0 Å². The number of thiocarbonyl (C=S) groups is 1. The summed E-state index contributed by atoms with van der Waals surface area (Å²) in [5.41, 5.74) is 9.85. The molecule has 2 rings (SSSR count). The summed E-state index contributed by atoms with van der Waals surface area (Å²) in [7, 11) is 0. The molecule has 1 aromatic carbocycles. The smallest absolute Gasteiger partial charge is 0.106 e. The van der Waals surface area contributed by atoms with E-state index in [0.29, 0.717) is 10.4 Å². The fourth-order valence-electron chi connectivity index (χ4n) is 2.75. The zero-order valence-electron chi connectivity index (χ0n) is 12.2. The Labute approximate surface area is 122 Å². The molecule has 0 unspecified atom stereocenters. The second-order valence-corrected chi connectivity index (χ2v) is 6.48. The van der Waals surface area contributed by atoms with Gasteiger partial charge in [-0.1, -0.05) is 38.6 Å². The van der Waals surface area contributed by atoms with Crippen molar-refractivity contribution in [1.29, 1.82) is 0 Å². The number of hydrogen-bond acceptors (Lipinski definition) is 2. The highest BCUT2D eigenvalue weighted by Gasteiger charge is 2.29. The van der Waals surface area contributed by atoms with Gasteiger partial charge >= 0.3 is 0 Å². The van der Waals surface area contributed by atoms with Crippen molar-refractivity contribution in [3.05, 3.63) is 29.3 Å². The molecule has 2 nitrogen and oxygen atoms in total. The maximum atomic E-state index is 5.86. The molecule has 1 saturated heterocycles. The van der Waals surface area contributed by atoms with Crippen LogP contribution in [0.15, 0.2) is 18.2 Å². The minimum atomic E-state index is 0.499. The zero-order valence-corrected chi connectivity index (χ0v) is 13.0. The van der Waals surface area contributed by atoms with Crippen molar-refractivity contribution in [2.45, 2.75) is 40.0 Å². The van der Waals surface area contributed by atoms with Crippen LogP contribution in [0.3, 0.4) is 0 Å². The average molecular weight is 276 g/mol. The van der Waals surface area contributed by atoms with Crippen molar-refractivity contribution >= 4 is 22.9 Å². The summed E-state index contributed by atoms with van der Waals surface area (Å²) in [6.07, 6.45) is 3.75. The first-order chi connectivity index (χ1) is 8.95. The molecule has 0 atom stereocenters. The number of benzene rings is 1. The molecule has 1 aliphatic heterocycles. The van der Waals surface area contributed by atoms with Gasteiger partial charge in [-0.3, -0.25) is 0 Å². The number of nitrogens with zero attached hydrogens (tertiary/aromatic N) is 1. The third-order valence-electron chi connectivity index (χ3n) is 4.58. The van der Waals surface area contributed by atoms with Gasteiger partial charge in [0.1, 0.15) is 4.99 Å². The predicted molar refractivity (Wildman–Crippen MR) is 86.9 cm³/mol. The van der Waals surface area contributed by atoms with Crippen LogP contribution in [-0.4, -0.2) is 18.1 Å². The van der Waals surface area contributed by atoms with Crippen molar-refractivity contribution in [3.8, 4) is 0 Å². The SMILES string of the molecule is CCC1(C)CCN(c2cc(C)ccc2C(N)=S)CC1. The van der Waals surface area contributed by atoms with Crippen LogP contribution in [0.1, 0.15) is 44.2 Å². The lowest BCUT2D eigenvalue weighted by atomic mass is 9.78. The standard InChI is InChI=1S/C16H24N2S/c1-4-16(3)7-9-18(10-8-16)14-11-12(2)5-6-13(14)15(17)19/h5-6,11H,4,7-10H2,1-3H3,(H2,17,19). The second kappa shape index (κ2) is 5.49. The molecule has 3 heteroatoms. The van der Waals surface area contributed by atoms with E-state index >= 15 is 0 Å². The minimum absolute atomic E-state index is 0.499. The molecule has 0 amide bonds. The van der Waals surface area contributed by atoms with E-state index < -0.39 is 0 Å². The Balaban J connectivity index is 2.24. The lowest BCUT2D eigenvalue weighted by Gasteiger charge is -2.40. The van der Waals surface area contributed by atoms with Crippen LogP contribution < -0.4 is 10.6 Å². The topological polar surface area (TPSA) is 29.3 Å². The largest absolute Gasteiger partial charge is 0.389 e. The molecule has 1 aromatic rings. The van der Waals surface area contributed by atoms with Gasteiger partial charge in [-0.15, -0.1) is 0 Å². The average Bonchev–Trinajstić information content (AvgIpc) is 2.39. The number of nitrogens with two attached hydrogens (primary N) is 1. The molecule has 0 bridgehead atoms. The molecule has 0 aliphatic carbocycles. The van der Waals surface area contributed by atoms with E-state index in [1.54, 1.807) is 0 Å². The van der Waals surface area contributed by atoms with Gasteiger partial charge < -0.3 is 10.6 Å². The van der Waals surface area contributed by atoms with Gasteiger partial charge in [0.2, 0.25) is 0 Å². The Morgan fingerprint density at radius 1 is 1.37 bits per heavy atom. The molecule has 2 N–H and O–H groups in total. The molecule has 1 aliphatic rings. The first-order valence-electron chi connectivity index (χ1n) is 7.10. The lowest BCUT2D eigenvalue weighted by molar-refractivity contribution is 0.238. The van der Waals surface area contributed by atoms with Crippen LogP contribution in [0.25, 0.3) is 0 Å². The Bertz CT molecular complexity index is 474. The van der Waals surface area contributed by atoms with Gasteiger partial charge in [0.15, 0.2) is 0 Å². The van der Waals surface area contributed by atoms with Crippen LogP contribution >= 0.6 is 12.2 Å². The number of aryl methyl sites for hydroxylation is 1. The highest BCUT2D eigenvalue weighted by molar-refractivity contribution is 7.80. The fraction of sp³-hybridized carbons (Fsp3) is 0.562. The first kappa shape index (κ1) is 14.3. The Kier molecular flexibility index (Phi) is 4.14. The molecular formula is C16H24N2S. The molecule has 0 radical (unpaired) electrons. The van der Waals surface area contributed by atoms with Gasteiger partial charge in [0.05, 0.1) is 0 Å². The Hall–Kier alpha value is -1.09. The molecule has 19 heavy (non-hydrogen) atoms. The zero-order chi connectivity index (χ0) is 14.0. The second-order valence-electron chi connectivity index (χ2n) is 6.04. The molecular weight excluding hydrogens is 252 g/mol. The molecule has 104 valence electrons. The van der Waals surface area contributed by atoms with Gasteiger partial charge in [-0.2, -0.15) is 0 Å². The summed E-state index contributed by atoms with van der Waals surface area (Å²) in [5.74, 6) is 0. The fourth-order valence-corrected chi connectivity index (χ4v) is 2.93. The van der Waals surface area contributed by atoms with E-state index in [-0.39, 0.29) is 0 Å². The third-order valence-corrected chi connectivity index (χ3v) is 4.80. The van der Waals surface area contributed by atoms with E-state index in [1.165, 1.54) is 30.5 Å². The van der Waals surface area contributed by atoms with Crippen molar-refractivity contribution in [2.24, 2.45) is 11.1 Å². The number of hydrogen-bond donors (Lipinski definition) is 1. The van der Waals surface area contributed by atoms with Crippen LogP contribution in [0.5, 0.6) is 0 Å². The highest BCUT2D eigenvalue weighted by atomic mass is 32.1. The van der Waals surface area contributed by atoms with Crippen LogP contribution in [0.4, 0.5) is 5.69 Å². The van der Waals surface area contributed by atoms with Crippen LogP contribution in [0.2, 0.25) is 0 Å². The predicted octanol–water partition coefficient (Wildman–Crippen LogP) is 3.65. The normalized spacial score (nSPS) is 18.4. The van der Waals surface area contributed by atoms with Gasteiger partial charge in [-0.05, 0) is 42.9 Å². The first-order valence-corrected chi connectivity index (χ1v) is 7.51. The van der Waals surface area contributed by atoms with E-state index in [2.05, 4.69) is 43.9 Å². The summed E-state index contributed by atoms with van der Waals surface area (Å²) in [5, 5.41) is 0. The maximum Gasteiger partial charge on any atom is 0.106 e. The van der Waals surface area contributed by atoms with Crippen molar-refractivity contribution in [2.75, 3.05) is 18.0 Å². The summed E-state index contributed by atoms with van der Waals surface area (Å²) in [6, 6.07) is 6.35. The van der Waals surface area contributed by atoms with Crippen molar-refractivity contribution in [1.82, 2.24) is 0 Å². The Morgan fingerprint density at radius 3 is 2.53 bits per heavy atom. The van der Waals surface area contributed by atoms with Crippen LogP contribution in [-0.2, 0) is 0 Å². The molecule has 0 aromatic heterocycles. The van der Waals surface area contributed by atoms with Crippen molar-refractivity contribution in [3.63, 3.8) is 0 Å². The van der Waals surface area contributed by atoms with Gasteiger partial charge in [0.25, 0.3) is 0 Å². The van der Waals surface area contributed by atoms with Gasteiger partial charge in [0, 0.05) is 24.3 Å². The van der Waals surface area contributed by atoms with E-state index in [0.717, 1.165) is 18.7 Å². The number of anilines is 1. The summed E-state index contributed by atoms with van der Waals surface area (Å²) in [6.45, 7) is 9.01. The minimum Gasteiger partial charge on any atom is -0.389 e. The lowest BCUT2D eigenvalue weighted by Crippen LogP contribution is -2.39. The molecule has 0 spiro atoms. The number of rotatable bonds is 3. The highest BCUT2D eigenvalue weighted by Crippen LogP contribution is 2.36. The quantitative estimate of drug-likeness (QED) is 0.855. The summed E-state index contributed by atoms with van der Waals surface area (Å²) >= 11 is 5.18. The molecule has 1 heterocycles. The molecule has 0 saturated carbocycles. The van der Waals surface area contributed by atoms with Crippen molar-refractivity contribution < 1.29 is 0 Å². The number of piperidine rings is 1. The summed E-state index contributed by atoms with van der Waals surface area (Å²) < 4.78 is 0. The molecule has 1 fully saturated rings. The Morgan fingerprint density at radius 2 is 2.00 bits per heavy atom.